The van der Waals surface area contributed by atoms with Gasteiger partial charge < -0.3 is 30.1 Å². The van der Waals surface area contributed by atoms with E-state index in [-0.39, 0.29) is 30.5 Å². The van der Waals surface area contributed by atoms with Gasteiger partial charge in [-0.2, -0.15) is 0 Å². The highest BCUT2D eigenvalue weighted by molar-refractivity contribution is 14.0. The molecule has 2 rings (SSSR count). The second kappa shape index (κ2) is 13.9. The van der Waals surface area contributed by atoms with Crippen LogP contribution in [-0.2, 0) is 0 Å². The summed E-state index contributed by atoms with van der Waals surface area (Å²) in [5.74, 6) is 2.76. The number of aliphatic hydroxyl groups excluding tert-OH is 1. The normalized spacial score (nSPS) is 16.7. The number of piperidine rings is 1. The van der Waals surface area contributed by atoms with Crippen LogP contribution in [0.25, 0.3) is 0 Å². The molecule has 1 aliphatic heterocycles. The number of guanidine groups is 1. The fourth-order valence-corrected chi connectivity index (χ4v) is 3.59. The van der Waals surface area contributed by atoms with Crippen molar-refractivity contribution in [2.45, 2.75) is 45.8 Å². The van der Waals surface area contributed by atoms with Crippen LogP contribution in [0.2, 0.25) is 0 Å². The molecule has 1 atom stereocenters. The van der Waals surface area contributed by atoms with E-state index in [0.29, 0.717) is 23.5 Å². The Labute approximate surface area is 198 Å². The molecule has 8 heteroatoms. The van der Waals surface area contributed by atoms with E-state index in [1.165, 1.54) is 0 Å². The van der Waals surface area contributed by atoms with E-state index in [2.05, 4.69) is 34.4 Å². The zero-order valence-corrected chi connectivity index (χ0v) is 21.3. The molecule has 172 valence electrons. The van der Waals surface area contributed by atoms with Gasteiger partial charge in [0.25, 0.3) is 0 Å². The molecule has 1 aromatic carbocycles. The lowest BCUT2D eigenvalue weighted by molar-refractivity contribution is 0.183. The van der Waals surface area contributed by atoms with Gasteiger partial charge in [-0.05, 0) is 43.4 Å². The minimum Gasteiger partial charge on any atom is -0.497 e. The fraction of sp³-hybridized carbons (Fsp3) is 0.682. The van der Waals surface area contributed by atoms with Crippen molar-refractivity contribution in [3.63, 3.8) is 0 Å². The largest absolute Gasteiger partial charge is 0.497 e. The first-order valence-electron chi connectivity index (χ1n) is 10.6. The molecule has 1 fully saturated rings. The highest BCUT2D eigenvalue weighted by atomic mass is 127. The Hall–Kier alpha value is -1.26. The summed E-state index contributed by atoms with van der Waals surface area (Å²) < 4.78 is 10.6. The number of likely N-dealkylation sites (tertiary alicyclic amines) is 1. The van der Waals surface area contributed by atoms with E-state index in [4.69, 9.17) is 9.47 Å². The van der Waals surface area contributed by atoms with E-state index in [0.717, 1.165) is 50.5 Å². The number of ether oxygens (including phenoxy) is 2. The van der Waals surface area contributed by atoms with E-state index < -0.39 is 6.10 Å². The monoisotopic (exact) mass is 534 g/mol. The molecule has 7 nitrogen and oxygen atoms in total. The molecule has 0 spiro atoms. The maximum absolute atomic E-state index is 10.6. The predicted octanol–water partition coefficient (Wildman–Crippen LogP) is 3.03. The number of halogens is 1. The number of aliphatic hydroxyl groups is 1. The van der Waals surface area contributed by atoms with Crippen molar-refractivity contribution in [3.05, 3.63) is 23.8 Å². The number of benzene rings is 1. The van der Waals surface area contributed by atoms with Crippen molar-refractivity contribution in [1.29, 1.82) is 0 Å². The molecule has 0 radical (unpaired) electrons. The molecular weight excluding hydrogens is 495 g/mol. The van der Waals surface area contributed by atoms with E-state index in [1.807, 2.05) is 19.1 Å². The summed E-state index contributed by atoms with van der Waals surface area (Å²) in [5, 5.41) is 17.4. The summed E-state index contributed by atoms with van der Waals surface area (Å²) in [7, 11) is 3.20. The minimum absolute atomic E-state index is 0. The number of hydrogen-bond donors (Lipinski definition) is 3. The van der Waals surface area contributed by atoms with Crippen molar-refractivity contribution in [1.82, 2.24) is 15.5 Å². The molecule has 30 heavy (non-hydrogen) atoms. The van der Waals surface area contributed by atoms with Crippen molar-refractivity contribution >= 4 is 29.9 Å². The van der Waals surface area contributed by atoms with Crippen LogP contribution in [0, 0.1) is 5.92 Å². The van der Waals surface area contributed by atoms with E-state index >= 15 is 0 Å². The first-order chi connectivity index (χ1) is 13.9. The first kappa shape index (κ1) is 26.8. The van der Waals surface area contributed by atoms with Crippen LogP contribution in [0.5, 0.6) is 11.5 Å². The molecule has 0 saturated carbocycles. The van der Waals surface area contributed by atoms with Crippen LogP contribution < -0.4 is 20.1 Å². The average molecular weight is 534 g/mol. The van der Waals surface area contributed by atoms with Gasteiger partial charge in [0.05, 0.1) is 26.9 Å². The van der Waals surface area contributed by atoms with Crippen LogP contribution in [0.15, 0.2) is 23.2 Å². The van der Waals surface area contributed by atoms with Crippen LogP contribution in [0.4, 0.5) is 0 Å². The molecule has 0 aromatic heterocycles. The Morgan fingerprint density at radius 1 is 1.17 bits per heavy atom. The summed E-state index contributed by atoms with van der Waals surface area (Å²) in [6.45, 7) is 11.0. The topological polar surface area (TPSA) is 78.4 Å². The van der Waals surface area contributed by atoms with Gasteiger partial charge in [-0.25, -0.2) is 0 Å². The number of nitrogens with zero attached hydrogens (tertiary/aromatic N) is 2. The van der Waals surface area contributed by atoms with E-state index in [1.54, 1.807) is 20.3 Å². The summed E-state index contributed by atoms with van der Waals surface area (Å²) in [5.41, 5.74) is 0.725. The van der Waals surface area contributed by atoms with Crippen LogP contribution >= 0.6 is 24.0 Å². The molecule has 1 unspecified atom stereocenters. The Morgan fingerprint density at radius 3 is 2.27 bits per heavy atom. The van der Waals surface area contributed by atoms with Gasteiger partial charge >= 0.3 is 0 Å². The number of nitrogens with one attached hydrogen (secondary N) is 2. The Morgan fingerprint density at radius 2 is 1.77 bits per heavy atom. The van der Waals surface area contributed by atoms with Gasteiger partial charge in [-0.3, -0.25) is 4.99 Å². The molecule has 0 aliphatic carbocycles. The second-order valence-corrected chi connectivity index (χ2v) is 7.99. The average Bonchev–Trinajstić information content (AvgIpc) is 2.72. The quantitative estimate of drug-likeness (QED) is 0.257. The summed E-state index contributed by atoms with van der Waals surface area (Å²) in [6, 6.07) is 5.82. The maximum Gasteiger partial charge on any atom is 0.191 e. The lowest BCUT2D eigenvalue weighted by Gasteiger charge is -2.34. The van der Waals surface area contributed by atoms with Gasteiger partial charge in [-0.1, -0.05) is 13.8 Å². The SMILES string of the molecule is CCNC(=NCC(O)c1cc(OC)cc(OC)c1)NC1CCN(CC(C)C)CC1.I. The van der Waals surface area contributed by atoms with Gasteiger partial charge in [0, 0.05) is 38.3 Å². The second-order valence-electron chi connectivity index (χ2n) is 7.99. The summed E-state index contributed by atoms with van der Waals surface area (Å²) in [6.07, 6.45) is 1.47. The highest BCUT2D eigenvalue weighted by Gasteiger charge is 2.20. The Bertz CT molecular complexity index is 627. The van der Waals surface area contributed by atoms with Crippen molar-refractivity contribution < 1.29 is 14.6 Å². The molecule has 0 amide bonds. The van der Waals surface area contributed by atoms with Crippen LogP contribution in [-0.4, -0.2) is 69.0 Å². The lowest BCUT2D eigenvalue weighted by atomic mass is 10.0. The third-order valence-corrected chi connectivity index (χ3v) is 5.08. The highest BCUT2D eigenvalue weighted by Crippen LogP contribution is 2.26. The zero-order chi connectivity index (χ0) is 21.2. The third kappa shape index (κ3) is 8.85. The molecule has 1 aliphatic rings. The number of rotatable bonds is 9. The summed E-state index contributed by atoms with van der Waals surface area (Å²) >= 11 is 0. The first-order valence-corrected chi connectivity index (χ1v) is 10.6. The van der Waals surface area contributed by atoms with Crippen LogP contribution in [0.1, 0.15) is 45.3 Å². The molecular formula is C22H39IN4O3. The molecule has 0 bridgehead atoms. The Kier molecular flexibility index (Phi) is 12.4. The molecule has 1 saturated heterocycles. The maximum atomic E-state index is 10.6. The van der Waals surface area contributed by atoms with Gasteiger partial charge in [0.2, 0.25) is 0 Å². The van der Waals surface area contributed by atoms with Crippen molar-refractivity contribution in [2.75, 3.05) is 46.9 Å². The zero-order valence-electron chi connectivity index (χ0n) is 19.0. The number of methoxy groups -OCH3 is 2. The van der Waals surface area contributed by atoms with Gasteiger partial charge in [-0.15, -0.1) is 24.0 Å². The Balaban J connectivity index is 0.00000450. The number of aliphatic imine (C=N–C) groups is 1. The number of hydrogen-bond acceptors (Lipinski definition) is 5. The minimum atomic E-state index is -0.734. The van der Waals surface area contributed by atoms with Crippen molar-refractivity contribution in [3.8, 4) is 11.5 Å². The smallest absolute Gasteiger partial charge is 0.191 e. The summed E-state index contributed by atoms with van der Waals surface area (Å²) in [4.78, 5) is 7.15. The standard InChI is InChI=1S/C22H38N4O3.HI/c1-6-23-22(25-18-7-9-26(10-8-18)15-16(2)3)24-14-21(27)17-11-19(28-4)13-20(12-17)29-5;/h11-13,16,18,21,27H,6-10,14-15H2,1-5H3,(H2,23,24,25);1H. The van der Waals surface area contributed by atoms with E-state index in [9.17, 15) is 5.11 Å². The molecule has 3 N–H and O–H groups in total. The van der Waals surface area contributed by atoms with Crippen molar-refractivity contribution in [2.24, 2.45) is 10.9 Å². The van der Waals surface area contributed by atoms with Gasteiger partial charge in [0.1, 0.15) is 11.5 Å². The van der Waals surface area contributed by atoms with Crippen LogP contribution in [0.3, 0.4) is 0 Å². The predicted molar refractivity (Wildman–Crippen MR) is 133 cm³/mol. The molecule has 1 aromatic rings. The fourth-order valence-electron chi connectivity index (χ4n) is 3.59. The van der Waals surface area contributed by atoms with Gasteiger partial charge in [0.15, 0.2) is 5.96 Å². The third-order valence-electron chi connectivity index (χ3n) is 5.08. The molecule has 1 heterocycles. The lowest BCUT2D eigenvalue weighted by Crippen LogP contribution is -2.49.